The smallest absolute Gasteiger partial charge is 0.410 e. The summed E-state index contributed by atoms with van der Waals surface area (Å²) in [6.45, 7) is 5.46. The Hall–Kier alpha value is -2.27. The van der Waals surface area contributed by atoms with Crippen LogP contribution < -0.4 is 0 Å². The lowest BCUT2D eigenvalue weighted by molar-refractivity contribution is -0.147. The molecule has 1 aliphatic rings. The summed E-state index contributed by atoms with van der Waals surface area (Å²) < 4.78 is 43.2. The monoisotopic (exact) mass is 422 g/mol. The Labute approximate surface area is 173 Å². The molecule has 1 fully saturated rings. The third-order valence-electron chi connectivity index (χ3n) is 5.58. The van der Waals surface area contributed by atoms with E-state index in [2.05, 4.69) is 0 Å². The zero-order chi connectivity index (χ0) is 21.4. The van der Waals surface area contributed by atoms with Crippen molar-refractivity contribution in [1.29, 1.82) is 0 Å². The molecule has 0 aliphatic heterocycles. The van der Waals surface area contributed by atoms with Crippen LogP contribution >= 0.6 is 11.6 Å². The van der Waals surface area contributed by atoms with Crippen LogP contribution in [-0.2, 0) is 16.1 Å². The van der Waals surface area contributed by atoms with Gasteiger partial charge < -0.3 is 4.74 Å². The molecule has 1 aliphatic carbocycles. The lowest BCUT2D eigenvalue weighted by atomic mass is 9.97. The average Bonchev–Trinajstić information content (AvgIpc) is 3.22. The number of hydrogen-bond acceptors (Lipinski definition) is 2. The van der Waals surface area contributed by atoms with Crippen molar-refractivity contribution in [2.45, 2.75) is 33.6 Å². The summed E-state index contributed by atoms with van der Waals surface area (Å²) in [4.78, 5) is 12.6. The van der Waals surface area contributed by atoms with E-state index < -0.39 is 29.4 Å². The van der Waals surface area contributed by atoms with Crippen molar-refractivity contribution in [2.75, 3.05) is 0 Å². The Morgan fingerprint density at radius 1 is 1.10 bits per heavy atom. The van der Waals surface area contributed by atoms with Crippen LogP contribution in [0.15, 0.2) is 59.6 Å². The molecule has 1 saturated carbocycles. The van der Waals surface area contributed by atoms with Gasteiger partial charge in [0.1, 0.15) is 6.61 Å². The van der Waals surface area contributed by atoms with E-state index in [4.69, 9.17) is 16.3 Å². The average molecular weight is 423 g/mol. The van der Waals surface area contributed by atoms with Gasteiger partial charge in [-0.3, -0.25) is 4.79 Å². The quantitative estimate of drug-likeness (QED) is 0.503. The number of hydrogen-bond donors (Lipinski definition) is 0. The number of esters is 1. The molecular formula is C23H22ClF3O2. The number of carbonyl (C=O) groups is 1. The van der Waals surface area contributed by atoms with Crippen LogP contribution in [0.2, 0.25) is 0 Å². The largest absolute Gasteiger partial charge is 0.461 e. The van der Waals surface area contributed by atoms with Gasteiger partial charge in [-0.25, -0.2) is 0 Å². The third kappa shape index (κ3) is 4.67. The minimum Gasteiger partial charge on any atom is -0.461 e. The number of allylic oxidation sites excluding steroid dienone is 2. The molecule has 6 heteroatoms. The summed E-state index contributed by atoms with van der Waals surface area (Å²) >= 11 is 5.85. The second-order valence-corrected chi connectivity index (χ2v) is 8.35. The number of alkyl halides is 3. The number of rotatable bonds is 5. The van der Waals surface area contributed by atoms with Crippen LogP contribution in [0.1, 0.15) is 25.0 Å². The molecular weight excluding hydrogens is 401 g/mol. The van der Waals surface area contributed by atoms with Crippen LogP contribution in [0, 0.1) is 24.2 Å². The van der Waals surface area contributed by atoms with Crippen molar-refractivity contribution in [2.24, 2.45) is 17.3 Å². The van der Waals surface area contributed by atoms with Gasteiger partial charge in [0.2, 0.25) is 0 Å². The van der Waals surface area contributed by atoms with Crippen molar-refractivity contribution in [3.63, 3.8) is 0 Å². The van der Waals surface area contributed by atoms with Gasteiger partial charge in [0.05, 0.1) is 5.92 Å². The molecule has 2 aromatic rings. The summed E-state index contributed by atoms with van der Waals surface area (Å²) in [6, 6.07) is 15.6. The Kier molecular flexibility index (Phi) is 5.81. The third-order valence-corrected chi connectivity index (χ3v) is 5.92. The Morgan fingerprint density at radius 2 is 1.76 bits per heavy atom. The molecule has 0 heterocycles. The summed E-state index contributed by atoms with van der Waals surface area (Å²) in [5.74, 6) is -1.90. The molecule has 3 rings (SSSR count). The molecule has 2 atom stereocenters. The molecule has 154 valence electrons. The van der Waals surface area contributed by atoms with Crippen molar-refractivity contribution in [3.05, 3.63) is 70.8 Å². The molecule has 0 saturated heterocycles. The fourth-order valence-corrected chi connectivity index (χ4v) is 4.38. The van der Waals surface area contributed by atoms with E-state index >= 15 is 0 Å². The molecule has 2 nitrogen and oxygen atoms in total. The maximum absolute atomic E-state index is 12.6. The highest BCUT2D eigenvalue weighted by Crippen LogP contribution is 2.63. The first-order valence-electron chi connectivity index (χ1n) is 9.28. The molecule has 0 radical (unpaired) electrons. The molecule has 0 amide bonds. The second kappa shape index (κ2) is 7.86. The van der Waals surface area contributed by atoms with E-state index in [1.807, 2.05) is 55.5 Å². The standard InChI is InChI=1S/C23H22ClF3O2/c1-14-16(10-7-11-17(14)15-8-5-4-6-9-15)13-29-21(28)20-19(22(20,2)3)18(24)12-23(25,26)27/h4-12,19-20H,13H2,1-3H3/b18-12-/t19-,20+/m1/s1. The van der Waals surface area contributed by atoms with Gasteiger partial charge in [0.25, 0.3) is 0 Å². The van der Waals surface area contributed by atoms with E-state index in [0.29, 0.717) is 0 Å². The predicted molar refractivity (Wildman–Crippen MR) is 107 cm³/mol. The van der Waals surface area contributed by atoms with Crippen molar-refractivity contribution in [1.82, 2.24) is 0 Å². The van der Waals surface area contributed by atoms with Crippen LogP contribution in [0.25, 0.3) is 11.1 Å². The number of ether oxygens (including phenoxy) is 1. The molecule has 0 unspecified atom stereocenters. The minimum absolute atomic E-state index is 0.0573. The Morgan fingerprint density at radius 3 is 2.38 bits per heavy atom. The molecule has 0 N–H and O–H groups in total. The highest BCUT2D eigenvalue weighted by atomic mass is 35.5. The van der Waals surface area contributed by atoms with E-state index in [1.54, 1.807) is 13.8 Å². The normalized spacial score (nSPS) is 21.0. The van der Waals surface area contributed by atoms with Crippen LogP contribution in [0.3, 0.4) is 0 Å². The van der Waals surface area contributed by atoms with Crippen LogP contribution in [0.4, 0.5) is 13.2 Å². The Bertz CT molecular complexity index is 933. The fraction of sp³-hybridized carbons (Fsp3) is 0.348. The second-order valence-electron chi connectivity index (χ2n) is 7.91. The maximum Gasteiger partial charge on any atom is 0.410 e. The zero-order valence-electron chi connectivity index (χ0n) is 16.4. The van der Waals surface area contributed by atoms with Gasteiger partial charge >= 0.3 is 12.1 Å². The first-order valence-corrected chi connectivity index (χ1v) is 9.65. The van der Waals surface area contributed by atoms with E-state index in [1.165, 1.54) is 0 Å². The topological polar surface area (TPSA) is 26.3 Å². The van der Waals surface area contributed by atoms with E-state index in [-0.39, 0.29) is 17.7 Å². The van der Waals surface area contributed by atoms with Gasteiger partial charge in [0.15, 0.2) is 0 Å². The van der Waals surface area contributed by atoms with E-state index in [0.717, 1.165) is 22.3 Å². The lowest BCUT2D eigenvalue weighted by Crippen LogP contribution is -2.11. The summed E-state index contributed by atoms with van der Waals surface area (Å²) in [5, 5.41) is -0.355. The van der Waals surface area contributed by atoms with Crippen molar-refractivity contribution in [3.8, 4) is 11.1 Å². The molecule has 0 spiro atoms. The summed E-state index contributed by atoms with van der Waals surface area (Å²) in [6.07, 6.45) is -4.46. The molecule has 0 bridgehead atoms. The molecule has 0 aromatic heterocycles. The summed E-state index contributed by atoms with van der Waals surface area (Å²) in [7, 11) is 0. The van der Waals surface area contributed by atoms with Crippen molar-refractivity contribution < 1.29 is 22.7 Å². The van der Waals surface area contributed by atoms with E-state index in [9.17, 15) is 18.0 Å². The van der Waals surface area contributed by atoms with Gasteiger partial charge in [-0.2, -0.15) is 13.2 Å². The minimum atomic E-state index is -4.51. The zero-order valence-corrected chi connectivity index (χ0v) is 17.1. The van der Waals surface area contributed by atoms with Gasteiger partial charge in [-0.15, -0.1) is 0 Å². The number of carbonyl (C=O) groups excluding carboxylic acids is 1. The SMILES string of the molecule is Cc1c(COC(=O)[C@@H]2[C@@H](/C(Cl)=C/C(F)(F)F)C2(C)C)cccc1-c1ccccc1. The van der Waals surface area contributed by atoms with Crippen molar-refractivity contribution >= 4 is 17.6 Å². The molecule has 2 aromatic carbocycles. The van der Waals surface area contributed by atoms with Gasteiger partial charge in [-0.05, 0) is 34.6 Å². The maximum atomic E-state index is 12.6. The van der Waals surface area contributed by atoms with Gasteiger partial charge in [0, 0.05) is 17.0 Å². The van der Waals surface area contributed by atoms with Gasteiger partial charge in [-0.1, -0.05) is 74.0 Å². The number of benzene rings is 2. The molecule has 29 heavy (non-hydrogen) atoms. The summed E-state index contributed by atoms with van der Waals surface area (Å²) in [5.41, 5.74) is 3.28. The highest BCUT2D eigenvalue weighted by molar-refractivity contribution is 6.30. The highest BCUT2D eigenvalue weighted by Gasteiger charge is 2.64. The van der Waals surface area contributed by atoms with Crippen LogP contribution in [-0.4, -0.2) is 12.1 Å². The fourth-order valence-electron chi connectivity index (χ4n) is 3.85. The first kappa shape index (κ1) is 21.4. The Balaban J connectivity index is 1.71. The van der Waals surface area contributed by atoms with Crippen LogP contribution in [0.5, 0.6) is 0 Å². The lowest BCUT2D eigenvalue weighted by Gasteiger charge is -2.12. The predicted octanol–water partition coefficient (Wildman–Crippen LogP) is 6.66. The first-order chi connectivity index (χ1) is 13.5. The number of halogens is 4.